The molecule has 28 heavy (non-hydrogen) atoms. The van der Waals surface area contributed by atoms with E-state index in [2.05, 4.69) is 11.0 Å². The lowest BCUT2D eigenvalue weighted by Crippen LogP contribution is -2.34. The molecule has 0 spiro atoms. The molecular formula is C22H22ClNO4. The fourth-order valence-corrected chi connectivity index (χ4v) is 3.85. The summed E-state index contributed by atoms with van der Waals surface area (Å²) in [5, 5.41) is 1.41. The van der Waals surface area contributed by atoms with Crippen LogP contribution in [0.4, 0.5) is 0 Å². The number of benzene rings is 2. The molecule has 0 aliphatic carbocycles. The Bertz CT molecular complexity index is 1110. The van der Waals surface area contributed by atoms with Crippen LogP contribution in [-0.2, 0) is 13.0 Å². The number of fused-ring (bicyclic) bond motifs is 3. The van der Waals surface area contributed by atoms with Gasteiger partial charge in [-0.1, -0.05) is 23.7 Å². The van der Waals surface area contributed by atoms with E-state index in [0.29, 0.717) is 35.2 Å². The van der Waals surface area contributed by atoms with Gasteiger partial charge in [0, 0.05) is 24.0 Å². The Balaban J connectivity index is 1.63. The van der Waals surface area contributed by atoms with Crippen molar-refractivity contribution >= 4 is 22.6 Å². The van der Waals surface area contributed by atoms with Crippen LogP contribution in [0, 0.1) is 13.8 Å². The average Bonchev–Trinajstić information content (AvgIpc) is 2.72. The molecule has 4 rings (SSSR count). The second-order valence-electron chi connectivity index (χ2n) is 7.11. The first-order valence-corrected chi connectivity index (χ1v) is 9.59. The first kappa shape index (κ1) is 18.8. The first-order chi connectivity index (χ1) is 13.5. The van der Waals surface area contributed by atoms with Gasteiger partial charge in [0.05, 0.1) is 17.7 Å². The largest absolute Gasteiger partial charge is 0.497 e. The summed E-state index contributed by atoms with van der Waals surface area (Å²) in [5.41, 5.74) is 3.78. The van der Waals surface area contributed by atoms with Crippen LogP contribution in [0.1, 0.15) is 22.3 Å². The second-order valence-corrected chi connectivity index (χ2v) is 7.52. The maximum atomic E-state index is 12.2. The zero-order chi connectivity index (χ0) is 19.8. The fourth-order valence-electron chi connectivity index (χ4n) is 3.57. The summed E-state index contributed by atoms with van der Waals surface area (Å²) in [4.78, 5) is 14.4. The minimum atomic E-state index is -0.317. The minimum absolute atomic E-state index is 0.317. The van der Waals surface area contributed by atoms with E-state index in [9.17, 15) is 4.79 Å². The van der Waals surface area contributed by atoms with Crippen LogP contribution < -0.4 is 15.1 Å². The third kappa shape index (κ3) is 3.36. The molecule has 0 saturated heterocycles. The molecule has 1 aromatic heterocycles. The molecular weight excluding hydrogens is 378 g/mol. The molecule has 0 amide bonds. The Morgan fingerprint density at radius 3 is 2.82 bits per heavy atom. The molecule has 0 saturated carbocycles. The van der Waals surface area contributed by atoms with Crippen LogP contribution in [0.15, 0.2) is 39.5 Å². The van der Waals surface area contributed by atoms with Crippen molar-refractivity contribution in [2.75, 3.05) is 20.4 Å². The van der Waals surface area contributed by atoms with Crippen LogP contribution >= 0.6 is 11.6 Å². The zero-order valence-corrected chi connectivity index (χ0v) is 16.9. The van der Waals surface area contributed by atoms with Crippen LogP contribution in [0.25, 0.3) is 11.0 Å². The summed E-state index contributed by atoms with van der Waals surface area (Å²) in [6.45, 7) is 5.54. The Labute approximate surface area is 168 Å². The van der Waals surface area contributed by atoms with Crippen molar-refractivity contribution in [2.24, 2.45) is 0 Å². The van der Waals surface area contributed by atoms with Crippen molar-refractivity contribution in [1.82, 2.24) is 4.90 Å². The first-order valence-electron chi connectivity index (χ1n) is 9.21. The van der Waals surface area contributed by atoms with Crippen LogP contribution in [-0.4, -0.2) is 25.3 Å². The van der Waals surface area contributed by atoms with E-state index in [1.165, 1.54) is 5.56 Å². The van der Waals surface area contributed by atoms with Crippen molar-refractivity contribution < 1.29 is 13.9 Å². The number of methoxy groups -OCH3 is 1. The summed E-state index contributed by atoms with van der Waals surface area (Å²) in [6.07, 6.45) is 0.858. The highest BCUT2D eigenvalue weighted by atomic mass is 35.5. The molecule has 2 aromatic carbocycles. The normalized spacial score (nSPS) is 14.0. The van der Waals surface area contributed by atoms with Gasteiger partial charge in [0.15, 0.2) is 0 Å². The van der Waals surface area contributed by atoms with Crippen LogP contribution in [0.2, 0.25) is 5.02 Å². The molecule has 0 radical (unpaired) electrons. The molecule has 0 atom stereocenters. The fraction of sp³-hybridized carbons (Fsp3) is 0.318. The smallest absolute Gasteiger partial charge is 0.339 e. The molecule has 1 aliphatic rings. The Kier molecular flexibility index (Phi) is 5.04. The summed E-state index contributed by atoms with van der Waals surface area (Å²) < 4.78 is 16.8. The molecule has 0 bridgehead atoms. The Morgan fingerprint density at radius 2 is 2.04 bits per heavy atom. The molecule has 2 heterocycles. The van der Waals surface area contributed by atoms with Crippen molar-refractivity contribution in [2.45, 2.75) is 26.8 Å². The van der Waals surface area contributed by atoms with Crippen LogP contribution in [0.5, 0.6) is 11.5 Å². The molecule has 146 valence electrons. The summed E-state index contributed by atoms with van der Waals surface area (Å²) >= 11 is 6.46. The standard InChI is InChI=1S/C22H22ClNO4/c1-13-14(2)22(25)28-20-17(13)10-19(23)21-18(20)11-24(12-27-21)8-7-15-5-4-6-16(9-15)26-3/h4-6,9-10H,7-8,11-12H2,1-3H3. The topological polar surface area (TPSA) is 51.9 Å². The van der Waals surface area contributed by atoms with E-state index in [0.717, 1.165) is 35.2 Å². The third-order valence-electron chi connectivity index (χ3n) is 5.37. The number of hydrogen-bond donors (Lipinski definition) is 0. The number of rotatable bonds is 4. The van der Waals surface area contributed by atoms with E-state index < -0.39 is 0 Å². The minimum Gasteiger partial charge on any atom is -0.497 e. The Hall–Kier alpha value is -2.50. The Morgan fingerprint density at radius 1 is 1.21 bits per heavy atom. The molecule has 0 unspecified atom stereocenters. The molecule has 1 aliphatic heterocycles. The number of halogens is 1. The van der Waals surface area contributed by atoms with Gasteiger partial charge in [0.25, 0.3) is 0 Å². The zero-order valence-electron chi connectivity index (χ0n) is 16.2. The summed E-state index contributed by atoms with van der Waals surface area (Å²) in [6, 6.07) is 9.87. The van der Waals surface area contributed by atoms with E-state index in [1.807, 2.05) is 31.2 Å². The quantitative estimate of drug-likeness (QED) is 0.606. The lowest BCUT2D eigenvalue weighted by molar-refractivity contribution is 0.0968. The predicted molar refractivity (Wildman–Crippen MR) is 110 cm³/mol. The van der Waals surface area contributed by atoms with Gasteiger partial charge in [-0.05, 0) is 49.6 Å². The average molecular weight is 400 g/mol. The molecule has 0 N–H and O–H groups in total. The van der Waals surface area contributed by atoms with Crippen molar-refractivity contribution in [3.8, 4) is 11.5 Å². The number of nitrogens with zero attached hydrogens (tertiary/aromatic N) is 1. The van der Waals surface area contributed by atoms with Gasteiger partial charge in [0.2, 0.25) is 0 Å². The van der Waals surface area contributed by atoms with E-state index >= 15 is 0 Å². The number of ether oxygens (including phenoxy) is 2. The summed E-state index contributed by atoms with van der Waals surface area (Å²) in [5.74, 6) is 1.46. The highest BCUT2D eigenvalue weighted by molar-refractivity contribution is 6.33. The van der Waals surface area contributed by atoms with E-state index in [-0.39, 0.29) is 5.63 Å². The third-order valence-corrected chi connectivity index (χ3v) is 5.65. The van der Waals surface area contributed by atoms with Crippen molar-refractivity contribution in [3.05, 3.63) is 68.0 Å². The van der Waals surface area contributed by atoms with Gasteiger partial charge in [-0.2, -0.15) is 0 Å². The highest BCUT2D eigenvalue weighted by Gasteiger charge is 2.25. The van der Waals surface area contributed by atoms with Gasteiger partial charge in [0.1, 0.15) is 23.8 Å². The van der Waals surface area contributed by atoms with E-state index in [1.54, 1.807) is 14.0 Å². The molecule has 0 fully saturated rings. The maximum Gasteiger partial charge on any atom is 0.339 e. The lowest BCUT2D eigenvalue weighted by Gasteiger charge is -2.30. The van der Waals surface area contributed by atoms with Gasteiger partial charge < -0.3 is 13.9 Å². The highest BCUT2D eigenvalue weighted by Crippen LogP contribution is 2.39. The maximum absolute atomic E-state index is 12.2. The van der Waals surface area contributed by atoms with Crippen molar-refractivity contribution in [3.63, 3.8) is 0 Å². The SMILES string of the molecule is COc1cccc(CCN2COc3c(Cl)cc4c(C)c(C)c(=O)oc4c3C2)c1. The molecule has 5 nitrogen and oxygen atoms in total. The van der Waals surface area contributed by atoms with Gasteiger partial charge in [-0.15, -0.1) is 0 Å². The van der Waals surface area contributed by atoms with E-state index in [4.69, 9.17) is 25.5 Å². The van der Waals surface area contributed by atoms with Crippen LogP contribution in [0.3, 0.4) is 0 Å². The second kappa shape index (κ2) is 7.49. The van der Waals surface area contributed by atoms with Gasteiger partial charge in [-0.3, -0.25) is 4.90 Å². The number of aryl methyl sites for hydroxylation is 1. The predicted octanol–water partition coefficient (Wildman–Crippen LogP) is 4.47. The molecule has 3 aromatic rings. The summed E-state index contributed by atoms with van der Waals surface area (Å²) in [7, 11) is 1.67. The van der Waals surface area contributed by atoms with Gasteiger partial charge in [-0.25, -0.2) is 4.79 Å². The monoisotopic (exact) mass is 399 g/mol. The lowest BCUT2D eigenvalue weighted by atomic mass is 10.0. The van der Waals surface area contributed by atoms with Crippen molar-refractivity contribution in [1.29, 1.82) is 0 Å². The number of hydrogen-bond acceptors (Lipinski definition) is 5. The molecule has 6 heteroatoms. The van der Waals surface area contributed by atoms with Gasteiger partial charge >= 0.3 is 5.63 Å².